The topological polar surface area (TPSA) is 117 Å². The highest BCUT2D eigenvalue weighted by molar-refractivity contribution is 7.93. The first-order valence-electron chi connectivity index (χ1n) is 17.4. The molecule has 4 aromatic carbocycles. The van der Waals surface area contributed by atoms with Gasteiger partial charge in [0.05, 0.1) is 46.8 Å². The Kier molecular flexibility index (Phi) is 14.4. The number of nitrogens with zero attached hydrogens (tertiary/aromatic N) is 2. The summed E-state index contributed by atoms with van der Waals surface area (Å²) in [6.07, 6.45) is 0. The highest BCUT2D eigenvalue weighted by Gasteiger charge is 2.24. The summed E-state index contributed by atoms with van der Waals surface area (Å²) in [5.41, 5.74) is 4.69. The Balaban J connectivity index is 0.000000280. The van der Waals surface area contributed by atoms with E-state index in [9.17, 15) is 16.8 Å². The molecule has 0 bridgehead atoms. The van der Waals surface area contributed by atoms with Crippen LogP contribution in [0.2, 0.25) is 0 Å². The lowest BCUT2D eigenvalue weighted by Gasteiger charge is -2.34. The van der Waals surface area contributed by atoms with Gasteiger partial charge in [0.15, 0.2) is 0 Å². The number of ether oxygens (including phenoxy) is 2. The summed E-state index contributed by atoms with van der Waals surface area (Å²) in [4.78, 5) is 4.81. The lowest BCUT2D eigenvalue weighted by molar-refractivity contribution is 0.415. The molecule has 52 heavy (non-hydrogen) atoms. The molecule has 4 rings (SSSR count). The molecule has 2 N–H and O–H groups in total. The van der Waals surface area contributed by atoms with Crippen LogP contribution < -0.4 is 28.7 Å². The van der Waals surface area contributed by atoms with Crippen LogP contribution in [-0.2, 0) is 20.0 Å². The van der Waals surface area contributed by atoms with Gasteiger partial charge in [-0.15, -0.1) is 0 Å². The minimum Gasteiger partial charge on any atom is -0.497 e. The zero-order valence-electron chi connectivity index (χ0n) is 32.6. The van der Waals surface area contributed by atoms with Crippen LogP contribution >= 0.6 is 0 Å². The average molecular weight is 753 g/mol. The lowest BCUT2D eigenvalue weighted by Crippen LogP contribution is -2.37. The smallest absolute Gasteiger partial charge is 0.261 e. The van der Waals surface area contributed by atoms with Crippen molar-refractivity contribution in [2.45, 2.75) is 103 Å². The summed E-state index contributed by atoms with van der Waals surface area (Å²) >= 11 is 0. The monoisotopic (exact) mass is 752 g/mol. The van der Waals surface area contributed by atoms with Crippen LogP contribution in [0.5, 0.6) is 11.5 Å². The van der Waals surface area contributed by atoms with Crippen LogP contribution in [0.1, 0.15) is 66.5 Å². The van der Waals surface area contributed by atoms with E-state index in [0.717, 1.165) is 22.5 Å². The Labute approximate surface area is 312 Å². The van der Waals surface area contributed by atoms with Crippen LogP contribution in [0.15, 0.2) is 94.7 Å². The largest absolute Gasteiger partial charge is 0.497 e. The minimum atomic E-state index is -3.69. The molecule has 12 heteroatoms. The second-order valence-corrected chi connectivity index (χ2v) is 17.2. The van der Waals surface area contributed by atoms with Gasteiger partial charge in [0.2, 0.25) is 0 Å². The van der Waals surface area contributed by atoms with Crippen molar-refractivity contribution in [2.75, 3.05) is 33.5 Å². The van der Waals surface area contributed by atoms with Crippen LogP contribution in [0.3, 0.4) is 0 Å². The molecule has 0 aliphatic heterocycles. The minimum absolute atomic E-state index is 0.214. The van der Waals surface area contributed by atoms with Crippen LogP contribution in [0.4, 0.5) is 22.7 Å². The second kappa shape index (κ2) is 17.9. The zero-order chi connectivity index (χ0) is 39.0. The quantitative estimate of drug-likeness (QED) is 0.131. The number of nitrogens with one attached hydrogen (secondary N) is 2. The van der Waals surface area contributed by atoms with Gasteiger partial charge in [-0.1, -0.05) is 35.4 Å². The van der Waals surface area contributed by atoms with Crippen molar-refractivity contribution in [3.8, 4) is 11.5 Å². The molecule has 0 atom stereocenters. The number of hydrogen-bond donors (Lipinski definition) is 2. The van der Waals surface area contributed by atoms with Gasteiger partial charge in [-0.05, 0) is 118 Å². The van der Waals surface area contributed by atoms with E-state index in [-0.39, 0.29) is 34.0 Å². The van der Waals surface area contributed by atoms with Gasteiger partial charge >= 0.3 is 0 Å². The molecule has 0 spiro atoms. The summed E-state index contributed by atoms with van der Waals surface area (Å²) in [7, 11) is -4.26. The molecule has 0 radical (unpaired) electrons. The van der Waals surface area contributed by atoms with Gasteiger partial charge in [0.1, 0.15) is 11.5 Å². The molecule has 4 aromatic rings. The fourth-order valence-corrected chi connectivity index (χ4v) is 8.18. The Morgan fingerprint density at radius 3 is 1.02 bits per heavy atom. The Morgan fingerprint density at radius 2 is 0.769 bits per heavy atom. The number of hydrogen-bond acceptors (Lipinski definition) is 8. The van der Waals surface area contributed by atoms with Crippen molar-refractivity contribution >= 4 is 42.8 Å². The summed E-state index contributed by atoms with van der Waals surface area (Å²) in [6, 6.07) is 25.4. The number of rotatable bonds is 14. The molecular formula is C40H56N4O6S2. The fourth-order valence-electron chi connectivity index (χ4n) is 6.05. The SMILES string of the molecule is COc1ccc(N(C(C)C)C(C)C)c(NS(=O)(=O)c2ccc(C)cc2)c1.COc1ccc(N(C(C)C)C(C)C)c(NS(=O)(=O)c2ccc(C)cc2)c1. The maximum absolute atomic E-state index is 12.9. The average Bonchev–Trinajstić information content (AvgIpc) is 3.06. The van der Waals surface area contributed by atoms with Crippen molar-refractivity contribution in [1.82, 2.24) is 0 Å². The van der Waals surface area contributed by atoms with Crippen LogP contribution in [0.25, 0.3) is 0 Å². The van der Waals surface area contributed by atoms with E-state index in [4.69, 9.17) is 9.47 Å². The van der Waals surface area contributed by atoms with E-state index in [1.807, 2.05) is 38.1 Å². The fraction of sp³-hybridized carbons (Fsp3) is 0.400. The molecule has 0 fully saturated rings. The number of anilines is 4. The van der Waals surface area contributed by atoms with Gasteiger partial charge in [0.25, 0.3) is 20.0 Å². The van der Waals surface area contributed by atoms with E-state index < -0.39 is 20.0 Å². The first kappa shape index (κ1) is 42.0. The van der Waals surface area contributed by atoms with Crippen LogP contribution in [-0.4, -0.2) is 55.2 Å². The Bertz CT molecular complexity index is 1820. The third kappa shape index (κ3) is 10.8. The third-order valence-electron chi connectivity index (χ3n) is 8.34. The molecule has 10 nitrogen and oxygen atoms in total. The van der Waals surface area contributed by atoms with E-state index >= 15 is 0 Å². The normalized spacial score (nSPS) is 11.7. The molecular weight excluding hydrogens is 697 g/mol. The summed E-state index contributed by atoms with van der Waals surface area (Å²) in [5, 5.41) is 0. The molecule has 0 saturated heterocycles. The number of methoxy groups -OCH3 is 2. The van der Waals surface area contributed by atoms with E-state index in [1.54, 1.807) is 74.9 Å². The van der Waals surface area contributed by atoms with Crippen molar-refractivity contribution < 1.29 is 26.3 Å². The predicted octanol–water partition coefficient (Wildman–Crippen LogP) is 8.86. The molecule has 0 amide bonds. The summed E-state index contributed by atoms with van der Waals surface area (Å²) in [6.45, 7) is 20.5. The first-order valence-corrected chi connectivity index (χ1v) is 20.4. The van der Waals surface area contributed by atoms with Gasteiger partial charge in [-0.3, -0.25) is 9.44 Å². The molecule has 0 aliphatic rings. The zero-order valence-corrected chi connectivity index (χ0v) is 34.2. The van der Waals surface area contributed by atoms with Gasteiger partial charge in [-0.2, -0.15) is 0 Å². The van der Waals surface area contributed by atoms with Crippen LogP contribution in [0, 0.1) is 13.8 Å². The Morgan fingerprint density at radius 1 is 0.481 bits per heavy atom. The maximum Gasteiger partial charge on any atom is 0.261 e. The number of sulfonamides is 2. The molecule has 0 unspecified atom stereocenters. The lowest BCUT2D eigenvalue weighted by atomic mass is 10.1. The number of benzene rings is 4. The van der Waals surface area contributed by atoms with Crippen molar-refractivity contribution in [1.29, 1.82) is 0 Å². The van der Waals surface area contributed by atoms with E-state index in [1.165, 1.54) is 0 Å². The maximum atomic E-state index is 12.9. The molecule has 0 heterocycles. The summed E-state index contributed by atoms with van der Waals surface area (Å²) in [5.74, 6) is 1.20. The third-order valence-corrected chi connectivity index (χ3v) is 11.1. The highest BCUT2D eigenvalue weighted by atomic mass is 32.2. The standard InChI is InChI=1S/2C20H28N2O3S/c2*1-14(2)22(15(3)4)20-12-9-17(25-6)13-19(20)21-26(23,24)18-10-7-16(5)8-11-18/h2*7-15,21H,1-6H3. The molecule has 0 aliphatic carbocycles. The summed E-state index contributed by atoms with van der Waals surface area (Å²) < 4.78 is 67.5. The molecule has 0 aromatic heterocycles. The van der Waals surface area contributed by atoms with Crippen molar-refractivity contribution in [2.24, 2.45) is 0 Å². The second-order valence-electron chi connectivity index (χ2n) is 13.8. The predicted molar refractivity (Wildman–Crippen MR) is 215 cm³/mol. The Hall–Kier alpha value is -4.42. The molecule has 0 saturated carbocycles. The molecule has 284 valence electrons. The number of aryl methyl sites for hydroxylation is 2. The first-order chi connectivity index (χ1) is 24.3. The highest BCUT2D eigenvalue weighted by Crippen LogP contribution is 2.36. The van der Waals surface area contributed by atoms with E-state index in [2.05, 4.69) is 74.6 Å². The van der Waals surface area contributed by atoms with Crippen molar-refractivity contribution in [3.63, 3.8) is 0 Å². The van der Waals surface area contributed by atoms with Gasteiger partial charge in [-0.25, -0.2) is 16.8 Å². The van der Waals surface area contributed by atoms with Crippen molar-refractivity contribution in [3.05, 3.63) is 96.1 Å². The van der Waals surface area contributed by atoms with E-state index in [0.29, 0.717) is 22.9 Å². The van der Waals surface area contributed by atoms with Gasteiger partial charge < -0.3 is 19.3 Å². The van der Waals surface area contributed by atoms with Gasteiger partial charge in [0, 0.05) is 36.3 Å².